The Kier molecular flexibility index (Phi) is 2.75. The zero-order chi connectivity index (χ0) is 12.0. The van der Waals surface area contributed by atoms with Crippen LogP contribution in [0.4, 0.5) is 0 Å². The molecule has 0 aromatic heterocycles. The van der Waals surface area contributed by atoms with E-state index >= 15 is 0 Å². The van der Waals surface area contributed by atoms with E-state index in [9.17, 15) is 4.79 Å². The maximum Gasteiger partial charge on any atom is 0.341 e. The van der Waals surface area contributed by atoms with Crippen molar-refractivity contribution in [2.45, 2.75) is 50.4 Å². The van der Waals surface area contributed by atoms with Crippen LogP contribution in [-0.2, 0) is 19.0 Å². The number of hydrogen-bond acceptors (Lipinski definition) is 4. The van der Waals surface area contributed by atoms with Crippen molar-refractivity contribution in [3.05, 3.63) is 0 Å². The summed E-state index contributed by atoms with van der Waals surface area (Å²) in [4.78, 5) is 11.9. The van der Waals surface area contributed by atoms with Gasteiger partial charge in [-0.05, 0) is 25.2 Å². The van der Waals surface area contributed by atoms with E-state index in [4.69, 9.17) is 14.2 Å². The van der Waals surface area contributed by atoms with Crippen LogP contribution in [0.15, 0.2) is 0 Å². The standard InChI is InChI=1S/C12H20O4/c1-8(2)7-12(10(13)15-4)11(16-12)6-5-9(11)14-3/h8-9H,5-7H2,1-4H3. The third-order valence-electron chi connectivity index (χ3n) is 3.79. The molecule has 1 saturated heterocycles. The Bertz CT molecular complexity index is 299. The molecule has 0 radical (unpaired) electrons. The van der Waals surface area contributed by atoms with Gasteiger partial charge >= 0.3 is 5.97 Å². The van der Waals surface area contributed by atoms with Crippen LogP contribution in [0.25, 0.3) is 0 Å². The topological polar surface area (TPSA) is 48.1 Å². The maximum atomic E-state index is 11.9. The lowest BCUT2D eigenvalue weighted by atomic mass is 9.70. The molecule has 4 nitrogen and oxygen atoms in total. The highest BCUT2D eigenvalue weighted by atomic mass is 16.7. The number of carbonyl (C=O) groups is 1. The van der Waals surface area contributed by atoms with Crippen LogP contribution in [0.1, 0.15) is 33.1 Å². The van der Waals surface area contributed by atoms with Crippen LogP contribution in [-0.4, -0.2) is 37.5 Å². The Morgan fingerprint density at radius 1 is 1.50 bits per heavy atom. The van der Waals surface area contributed by atoms with Crippen molar-refractivity contribution in [3.63, 3.8) is 0 Å². The zero-order valence-electron chi connectivity index (χ0n) is 10.4. The Morgan fingerprint density at radius 3 is 2.56 bits per heavy atom. The largest absolute Gasteiger partial charge is 0.467 e. The lowest BCUT2D eigenvalue weighted by Gasteiger charge is -2.35. The number of rotatable bonds is 4. The van der Waals surface area contributed by atoms with Crippen LogP contribution in [0.3, 0.4) is 0 Å². The van der Waals surface area contributed by atoms with Gasteiger partial charge in [0.05, 0.1) is 13.2 Å². The van der Waals surface area contributed by atoms with E-state index in [-0.39, 0.29) is 17.7 Å². The van der Waals surface area contributed by atoms with Crippen LogP contribution < -0.4 is 0 Å². The molecule has 1 aliphatic heterocycles. The smallest absolute Gasteiger partial charge is 0.341 e. The predicted octanol–water partition coefficient (Wildman–Crippen LogP) is 1.52. The summed E-state index contributed by atoms with van der Waals surface area (Å²) in [7, 11) is 3.09. The van der Waals surface area contributed by atoms with Gasteiger partial charge < -0.3 is 14.2 Å². The van der Waals surface area contributed by atoms with E-state index in [1.54, 1.807) is 7.11 Å². The van der Waals surface area contributed by atoms with Crippen LogP contribution >= 0.6 is 0 Å². The monoisotopic (exact) mass is 228 g/mol. The van der Waals surface area contributed by atoms with Gasteiger partial charge in [-0.1, -0.05) is 13.8 Å². The van der Waals surface area contributed by atoms with Gasteiger partial charge in [-0.25, -0.2) is 4.79 Å². The summed E-state index contributed by atoms with van der Waals surface area (Å²) >= 11 is 0. The van der Waals surface area contributed by atoms with Gasteiger partial charge in [-0.15, -0.1) is 0 Å². The van der Waals surface area contributed by atoms with Crippen molar-refractivity contribution < 1.29 is 19.0 Å². The zero-order valence-corrected chi connectivity index (χ0v) is 10.4. The Hall–Kier alpha value is -0.610. The number of ether oxygens (including phenoxy) is 3. The molecule has 0 aromatic rings. The van der Waals surface area contributed by atoms with Gasteiger partial charge in [0.2, 0.25) is 0 Å². The number of carbonyl (C=O) groups excluding carboxylic acids is 1. The molecule has 92 valence electrons. The van der Waals surface area contributed by atoms with Crippen molar-refractivity contribution in [3.8, 4) is 0 Å². The van der Waals surface area contributed by atoms with Crippen molar-refractivity contribution in [2.75, 3.05) is 14.2 Å². The molecule has 16 heavy (non-hydrogen) atoms. The molecule has 2 fully saturated rings. The fraction of sp³-hybridized carbons (Fsp3) is 0.917. The van der Waals surface area contributed by atoms with E-state index in [1.165, 1.54) is 7.11 Å². The molecule has 3 atom stereocenters. The molecule has 4 heteroatoms. The van der Waals surface area contributed by atoms with Gasteiger partial charge in [0.15, 0.2) is 5.60 Å². The summed E-state index contributed by atoms with van der Waals surface area (Å²) in [6.07, 6.45) is 2.62. The second-order valence-electron chi connectivity index (χ2n) is 5.17. The van der Waals surface area contributed by atoms with Crippen LogP contribution in [0.2, 0.25) is 0 Å². The van der Waals surface area contributed by atoms with Gasteiger partial charge in [0, 0.05) is 7.11 Å². The molecular formula is C12H20O4. The second-order valence-corrected chi connectivity index (χ2v) is 5.17. The third-order valence-corrected chi connectivity index (χ3v) is 3.79. The minimum absolute atomic E-state index is 0.0466. The molecule has 2 aliphatic rings. The molecule has 3 unspecified atom stereocenters. The fourth-order valence-corrected chi connectivity index (χ4v) is 2.95. The van der Waals surface area contributed by atoms with Crippen molar-refractivity contribution >= 4 is 5.97 Å². The lowest BCUT2D eigenvalue weighted by molar-refractivity contribution is -0.148. The quantitative estimate of drug-likeness (QED) is 0.540. The maximum absolute atomic E-state index is 11.9. The first-order valence-electron chi connectivity index (χ1n) is 5.84. The molecule has 1 spiro atoms. The van der Waals surface area contributed by atoms with Gasteiger partial charge in [-0.2, -0.15) is 0 Å². The molecular weight excluding hydrogens is 208 g/mol. The molecule has 0 bridgehead atoms. The van der Waals surface area contributed by atoms with Crippen LogP contribution in [0.5, 0.6) is 0 Å². The minimum Gasteiger partial charge on any atom is -0.467 e. The molecule has 0 aromatic carbocycles. The highest BCUT2D eigenvalue weighted by Gasteiger charge is 2.81. The third kappa shape index (κ3) is 1.32. The van der Waals surface area contributed by atoms with E-state index in [2.05, 4.69) is 13.8 Å². The molecule has 0 amide bonds. The lowest BCUT2D eigenvalue weighted by Crippen LogP contribution is -2.51. The Labute approximate surface area is 96.2 Å². The number of epoxide rings is 1. The van der Waals surface area contributed by atoms with E-state index in [0.717, 1.165) is 12.8 Å². The number of esters is 1. The molecule has 1 aliphatic carbocycles. The molecule has 2 rings (SSSR count). The summed E-state index contributed by atoms with van der Waals surface area (Å²) in [6.45, 7) is 4.17. The van der Waals surface area contributed by atoms with E-state index in [1.807, 2.05) is 0 Å². The fourth-order valence-electron chi connectivity index (χ4n) is 2.95. The van der Waals surface area contributed by atoms with Gasteiger partial charge in [-0.3, -0.25) is 0 Å². The summed E-state index contributed by atoms with van der Waals surface area (Å²) in [5, 5.41) is 0. The molecule has 1 saturated carbocycles. The average Bonchev–Trinajstić information content (AvgIpc) is 2.88. The van der Waals surface area contributed by atoms with E-state index in [0.29, 0.717) is 12.3 Å². The number of methoxy groups -OCH3 is 2. The summed E-state index contributed by atoms with van der Waals surface area (Å²) in [5.74, 6) is 0.152. The first kappa shape index (κ1) is 11.9. The Morgan fingerprint density at radius 2 is 2.19 bits per heavy atom. The normalized spacial score (nSPS) is 40.9. The van der Waals surface area contributed by atoms with Gasteiger partial charge in [0.25, 0.3) is 0 Å². The van der Waals surface area contributed by atoms with E-state index < -0.39 is 5.60 Å². The summed E-state index contributed by atoms with van der Waals surface area (Å²) in [6, 6.07) is 0. The van der Waals surface area contributed by atoms with Gasteiger partial charge in [0.1, 0.15) is 5.60 Å². The van der Waals surface area contributed by atoms with Crippen molar-refractivity contribution in [1.82, 2.24) is 0 Å². The summed E-state index contributed by atoms with van der Waals surface area (Å²) in [5.41, 5.74) is -1.13. The highest BCUT2D eigenvalue weighted by Crippen LogP contribution is 2.64. The Balaban J connectivity index is 2.17. The van der Waals surface area contributed by atoms with Crippen molar-refractivity contribution in [2.24, 2.45) is 5.92 Å². The highest BCUT2D eigenvalue weighted by molar-refractivity contribution is 5.85. The van der Waals surface area contributed by atoms with Crippen LogP contribution in [0, 0.1) is 5.92 Å². The average molecular weight is 228 g/mol. The molecule has 0 N–H and O–H groups in total. The first-order chi connectivity index (χ1) is 7.52. The van der Waals surface area contributed by atoms with Crippen molar-refractivity contribution in [1.29, 1.82) is 0 Å². The SMILES string of the molecule is COC(=O)C1(CC(C)C)OC12CCC2OC. The number of hydrogen-bond donors (Lipinski definition) is 0. The first-order valence-corrected chi connectivity index (χ1v) is 5.84. The molecule has 1 heterocycles. The summed E-state index contributed by atoms with van der Waals surface area (Å²) < 4.78 is 16.0. The second kappa shape index (κ2) is 3.70. The predicted molar refractivity (Wildman–Crippen MR) is 58.0 cm³/mol. The minimum atomic E-state index is -0.741.